The molecule has 3 saturated heterocycles. The van der Waals surface area contributed by atoms with Gasteiger partial charge in [0.2, 0.25) is 5.91 Å². The molecule has 7 aliphatic rings. The molecule has 0 bridgehead atoms. The summed E-state index contributed by atoms with van der Waals surface area (Å²) in [6.07, 6.45) is 0. The van der Waals surface area contributed by atoms with Crippen LogP contribution >= 0.6 is 12.4 Å². The van der Waals surface area contributed by atoms with Crippen LogP contribution in [0.3, 0.4) is 0 Å². The largest absolute Gasteiger partial charge is 0.508 e. The number of nitrogens with zero attached hydrogens (tertiary/aromatic N) is 3. The Bertz CT molecular complexity index is 3590. The first-order valence-electron chi connectivity index (χ1n) is 24.0. The number of piperazine rings is 2. The predicted octanol–water partition coefficient (Wildman–Crippen LogP) is 5.48. The average Bonchev–Trinajstić information content (AvgIpc) is 3.44. The number of aromatic hydroxyl groups is 2. The Balaban J connectivity index is 0.000000179. The lowest BCUT2D eigenvalue weighted by Crippen LogP contribution is -2.51. The van der Waals surface area contributed by atoms with Crippen LogP contribution in [0.1, 0.15) is 20.7 Å². The molecule has 396 valence electrons. The zero-order valence-corrected chi connectivity index (χ0v) is 41.7. The first-order chi connectivity index (χ1) is 36.7. The second kappa shape index (κ2) is 24.2. The minimum atomic E-state index is -1.15. The molecule has 77 heavy (non-hydrogen) atoms. The SMILES string of the molecule is Cl.O=C(O)COCC(=O)N1CCN(C(=O)c2ccccc2-c2c3ccc(=O)cc-3oc3cc(O)ccc23)CC1.O=C(c1ccccc1-c1c2ccc(=O)cc-2oc2cc(O)ccc12)N1CCNCC1.O=C1COCC(=O)O1. The highest BCUT2D eigenvalue weighted by atomic mass is 35.5. The molecule has 0 spiro atoms. The van der Waals surface area contributed by atoms with Gasteiger partial charge in [-0.25, -0.2) is 14.4 Å². The molecule has 5 aliphatic heterocycles. The van der Waals surface area contributed by atoms with E-state index in [9.17, 15) is 48.6 Å². The van der Waals surface area contributed by atoms with Gasteiger partial charge in [-0.05, 0) is 71.8 Å². The van der Waals surface area contributed by atoms with Crippen LogP contribution in [0.25, 0.3) is 66.8 Å². The number of nitrogens with one attached hydrogen (secondary N) is 1. The number of aliphatic carboxylic acids is 1. The lowest BCUT2D eigenvalue weighted by atomic mass is 9.90. The molecular weight excluding hydrogens is 1020 g/mol. The van der Waals surface area contributed by atoms with Gasteiger partial charge in [-0.2, -0.15) is 0 Å². The number of cyclic esters (lactones) is 2. The maximum Gasteiger partial charge on any atom is 0.339 e. The van der Waals surface area contributed by atoms with Gasteiger partial charge in [0, 0.05) is 121 Å². The smallest absolute Gasteiger partial charge is 0.339 e. The fourth-order valence-electron chi connectivity index (χ4n) is 9.16. The number of carboxylic acid groups (broad SMARTS) is 1. The van der Waals surface area contributed by atoms with Crippen LogP contribution in [0.5, 0.6) is 11.5 Å². The van der Waals surface area contributed by atoms with Crippen molar-refractivity contribution in [2.45, 2.75) is 0 Å². The highest BCUT2D eigenvalue weighted by Crippen LogP contribution is 2.44. The normalized spacial score (nSPS) is 14.5. The van der Waals surface area contributed by atoms with E-state index in [4.69, 9.17) is 18.7 Å². The van der Waals surface area contributed by atoms with Crippen molar-refractivity contribution < 1.29 is 67.1 Å². The number of halogens is 1. The average molecular weight is 1070 g/mol. The van der Waals surface area contributed by atoms with Crippen LogP contribution in [0.2, 0.25) is 0 Å². The van der Waals surface area contributed by atoms with E-state index in [0.29, 0.717) is 95.2 Å². The Morgan fingerprint density at radius 2 is 0.987 bits per heavy atom. The van der Waals surface area contributed by atoms with Crippen molar-refractivity contribution in [1.29, 1.82) is 0 Å². The van der Waals surface area contributed by atoms with Crippen LogP contribution in [0.4, 0.5) is 0 Å². The minimum absolute atomic E-state index is 0. The highest BCUT2D eigenvalue weighted by Gasteiger charge is 2.29. The molecule has 4 N–H and O–H groups in total. The quantitative estimate of drug-likeness (QED) is 0.0833. The van der Waals surface area contributed by atoms with Crippen molar-refractivity contribution in [3.63, 3.8) is 0 Å². The number of fused-ring (bicyclic) bond motifs is 4. The topological polar surface area (TPSA) is 273 Å². The number of phenolic OH excluding ortho intramolecular Hbond substituents is 2. The lowest BCUT2D eigenvalue weighted by molar-refractivity contribution is -0.174. The van der Waals surface area contributed by atoms with Crippen LogP contribution < -0.4 is 16.2 Å². The number of hydrogen-bond donors (Lipinski definition) is 4. The number of carboxylic acids is 1. The third-order valence-electron chi connectivity index (χ3n) is 12.6. The summed E-state index contributed by atoms with van der Waals surface area (Å²) in [6, 6.07) is 33.4. The monoisotopic (exact) mass is 1070 g/mol. The number of rotatable bonds is 8. The molecule has 11 rings (SSSR count). The summed E-state index contributed by atoms with van der Waals surface area (Å²) in [7, 11) is 0. The predicted molar refractivity (Wildman–Crippen MR) is 281 cm³/mol. The van der Waals surface area contributed by atoms with Gasteiger partial charge in [-0.1, -0.05) is 36.4 Å². The standard InChI is InChI=1S/C28H24N2O8.C24H20N2O4.C4H4O4.ClH/c31-17-5-7-21-23(13-17)38-24-14-18(32)6-8-22(24)27(21)19-3-1-2-4-20(19)28(36)30-11-9-29(10-12-30)25(33)15-37-16-26(34)35;27-15-5-7-19-21(13-15)30-22-14-16(28)6-8-20(22)23(19)17-3-1-2-4-18(17)24(29)26-11-9-25-10-12-26;5-3-1-7-2-4(6)8-3;/h1-8,13-14,31H,9-12,15-16H2,(H,34,35);1-8,13-14,25,27H,9-12H2;1-2H2;1H. The van der Waals surface area contributed by atoms with Crippen molar-refractivity contribution in [3.8, 4) is 56.4 Å². The summed E-state index contributed by atoms with van der Waals surface area (Å²) in [5.74, 6) is -2.09. The molecule has 21 heteroatoms. The molecule has 0 radical (unpaired) electrons. The maximum absolute atomic E-state index is 13.7. The molecule has 4 aromatic carbocycles. The number of phenols is 2. The highest BCUT2D eigenvalue weighted by molar-refractivity contribution is 6.10. The van der Waals surface area contributed by atoms with Crippen LogP contribution in [0, 0.1) is 0 Å². The second-order valence-corrected chi connectivity index (χ2v) is 17.7. The number of esters is 2. The molecule has 0 atom stereocenters. The zero-order valence-electron chi connectivity index (χ0n) is 40.9. The summed E-state index contributed by atoms with van der Waals surface area (Å²) < 4.78 is 25.3. The van der Waals surface area contributed by atoms with E-state index in [1.165, 1.54) is 42.5 Å². The van der Waals surface area contributed by atoms with E-state index in [1.807, 2.05) is 41.3 Å². The van der Waals surface area contributed by atoms with Gasteiger partial charge in [0.25, 0.3) is 11.8 Å². The van der Waals surface area contributed by atoms with Crippen molar-refractivity contribution in [3.05, 3.63) is 153 Å². The Labute approximate surface area is 443 Å². The molecular formula is C56H49ClN4O16. The summed E-state index contributed by atoms with van der Waals surface area (Å²) >= 11 is 0. The van der Waals surface area contributed by atoms with E-state index in [0.717, 1.165) is 35.2 Å². The van der Waals surface area contributed by atoms with E-state index in [2.05, 4.69) is 14.8 Å². The van der Waals surface area contributed by atoms with E-state index in [1.54, 1.807) is 52.3 Å². The van der Waals surface area contributed by atoms with Gasteiger partial charge in [0.05, 0.1) is 0 Å². The van der Waals surface area contributed by atoms with Gasteiger partial charge in [-0.3, -0.25) is 24.0 Å². The Hall–Kier alpha value is -8.95. The van der Waals surface area contributed by atoms with Crippen molar-refractivity contribution in [2.24, 2.45) is 0 Å². The van der Waals surface area contributed by atoms with E-state index in [-0.39, 0.29) is 72.3 Å². The molecule has 20 nitrogen and oxygen atoms in total. The number of amides is 3. The number of carbonyl (C=O) groups excluding carboxylic acids is 5. The molecule has 0 aromatic heterocycles. The van der Waals surface area contributed by atoms with Crippen molar-refractivity contribution >= 4 is 70.0 Å². The van der Waals surface area contributed by atoms with Crippen molar-refractivity contribution in [1.82, 2.24) is 20.0 Å². The first-order valence-corrected chi connectivity index (χ1v) is 24.0. The molecule has 2 aliphatic carbocycles. The van der Waals surface area contributed by atoms with Gasteiger partial charge in [0.1, 0.15) is 60.6 Å². The fraction of sp³-hybridized carbons (Fsp3) is 0.214. The molecule has 0 saturated carbocycles. The zero-order chi connectivity index (χ0) is 53.5. The van der Waals surface area contributed by atoms with Gasteiger partial charge in [0.15, 0.2) is 10.9 Å². The molecule has 4 aromatic rings. The summed E-state index contributed by atoms with van der Waals surface area (Å²) in [5, 5.41) is 33.3. The van der Waals surface area contributed by atoms with Crippen LogP contribution in [-0.2, 0) is 33.4 Å². The molecule has 0 unspecified atom stereocenters. The Kier molecular flexibility index (Phi) is 17.0. The van der Waals surface area contributed by atoms with Gasteiger partial charge < -0.3 is 58.4 Å². The lowest BCUT2D eigenvalue weighted by Gasteiger charge is -2.35. The van der Waals surface area contributed by atoms with Crippen LogP contribution in [0.15, 0.2) is 140 Å². The molecule has 3 fully saturated rings. The van der Waals surface area contributed by atoms with Gasteiger partial charge >= 0.3 is 17.9 Å². The summed E-state index contributed by atoms with van der Waals surface area (Å²) in [6.45, 7) is 2.97. The Morgan fingerprint density at radius 1 is 0.532 bits per heavy atom. The second-order valence-electron chi connectivity index (χ2n) is 17.7. The van der Waals surface area contributed by atoms with Crippen LogP contribution in [-0.4, -0.2) is 144 Å². The number of hydrogen-bond acceptors (Lipinski definition) is 16. The maximum atomic E-state index is 13.7. The Morgan fingerprint density at radius 3 is 1.44 bits per heavy atom. The summed E-state index contributed by atoms with van der Waals surface area (Å²) in [4.78, 5) is 99.2. The molecule has 5 heterocycles. The summed E-state index contributed by atoms with van der Waals surface area (Å²) in [5.41, 5.74) is 5.82. The number of benzene rings is 6. The molecule has 3 amide bonds. The van der Waals surface area contributed by atoms with E-state index >= 15 is 0 Å². The number of carbonyl (C=O) groups is 6. The third-order valence-corrected chi connectivity index (χ3v) is 12.6. The third kappa shape index (κ3) is 12.4. The van der Waals surface area contributed by atoms with E-state index < -0.39 is 24.5 Å². The van der Waals surface area contributed by atoms with Crippen molar-refractivity contribution in [2.75, 3.05) is 78.8 Å². The van der Waals surface area contributed by atoms with Gasteiger partial charge in [-0.15, -0.1) is 12.4 Å². The number of ether oxygens (including phenoxy) is 3. The fourth-order valence-corrected chi connectivity index (χ4v) is 9.16. The minimum Gasteiger partial charge on any atom is -0.508 e. The first kappa shape index (κ1) is 54.3.